The first kappa shape index (κ1) is 14.3. The summed E-state index contributed by atoms with van der Waals surface area (Å²) in [5.74, 6) is 0.506. The molecule has 2 rings (SSSR count). The Morgan fingerprint density at radius 1 is 1.15 bits per heavy atom. The molecule has 1 N–H and O–H groups in total. The van der Waals surface area contributed by atoms with Crippen molar-refractivity contribution in [2.45, 2.75) is 13.0 Å². The van der Waals surface area contributed by atoms with Crippen LogP contribution in [0, 0.1) is 0 Å². The van der Waals surface area contributed by atoms with Gasteiger partial charge in [0.05, 0.1) is 14.2 Å². The number of ether oxygens (including phenoxy) is 2. The summed E-state index contributed by atoms with van der Waals surface area (Å²) >= 11 is 0. The van der Waals surface area contributed by atoms with E-state index in [2.05, 4.69) is 5.32 Å². The van der Waals surface area contributed by atoms with E-state index in [9.17, 15) is 4.79 Å². The Kier molecular flexibility index (Phi) is 4.58. The molecule has 0 heterocycles. The Morgan fingerprint density at radius 2 is 1.85 bits per heavy atom. The summed E-state index contributed by atoms with van der Waals surface area (Å²) in [6.07, 6.45) is 0. The van der Waals surface area contributed by atoms with Gasteiger partial charge in [0.15, 0.2) is 0 Å². The van der Waals surface area contributed by atoms with Crippen molar-refractivity contribution in [3.05, 3.63) is 42.0 Å². The van der Waals surface area contributed by atoms with Crippen LogP contribution < -0.4 is 10.1 Å². The van der Waals surface area contributed by atoms with Gasteiger partial charge in [-0.2, -0.15) is 0 Å². The number of fused-ring (bicyclic) bond motifs is 1. The summed E-state index contributed by atoms with van der Waals surface area (Å²) in [6.45, 7) is 2.64. The lowest BCUT2D eigenvalue weighted by atomic mass is 9.98. The molecule has 0 aromatic heterocycles. The van der Waals surface area contributed by atoms with E-state index in [1.165, 1.54) is 7.11 Å². The van der Waals surface area contributed by atoms with E-state index < -0.39 is 6.04 Å². The fourth-order valence-electron chi connectivity index (χ4n) is 2.37. The van der Waals surface area contributed by atoms with E-state index in [1.807, 2.05) is 43.3 Å². The van der Waals surface area contributed by atoms with E-state index in [-0.39, 0.29) is 5.97 Å². The molecule has 2 aromatic rings. The minimum absolute atomic E-state index is 0.290. The third-order valence-corrected chi connectivity index (χ3v) is 3.29. The maximum Gasteiger partial charge on any atom is 0.327 e. The van der Waals surface area contributed by atoms with E-state index in [1.54, 1.807) is 7.11 Å². The highest BCUT2D eigenvalue weighted by molar-refractivity contribution is 5.94. The summed E-state index contributed by atoms with van der Waals surface area (Å²) < 4.78 is 10.3. The molecule has 1 unspecified atom stereocenters. The average molecular weight is 273 g/mol. The van der Waals surface area contributed by atoms with Crippen LogP contribution >= 0.6 is 0 Å². The van der Waals surface area contributed by atoms with Crippen LogP contribution in [0.5, 0.6) is 5.75 Å². The van der Waals surface area contributed by atoms with E-state index in [4.69, 9.17) is 9.47 Å². The van der Waals surface area contributed by atoms with E-state index >= 15 is 0 Å². The average Bonchev–Trinajstić information content (AvgIpc) is 2.51. The topological polar surface area (TPSA) is 47.6 Å². The molecule has 0 radical (unpaired) electrons. The number of nitrogens with one attached hydrogen (secondary N) is 1. The fraction of sp³-hybridized carbons (Fsp3) is 0.312. The van der Waals surface area contributed by atoms with Crippen molar-refractivity contribution in [2.75, 3.05) is 20.8 Å². The molecular weight excluding hydrogens is 254 g/mol. The molecule has 0 saturated heterocycles. The Labute approximate surface area is 118 Å². The number of rotatable bonds is 5. The molecule has 106 valence electrons. The van der Waals surface area contributed by atoms with Crippen LogP contribution in [0.1, 0.15) is 18.5 Å². The maximum absolute atomic E-state index is 12.0. The molecule has 2 aromatic carbocycles. The standard InChI is InChI=1S/C16H19NO3/c1-4-17-15(16(18)20-3)13-9-10-14(19-2)12-8-6-5-7-11(12)13/h5-10,15,17H,4H2,1-3H3. The largest absolute Gasteiger partial charge is 0.496 e. The predicted molar refractivity (Wildman–Crippen MR) is 78.9 cm³/mol. The van der Waals surface area contributed by atoms with Crippen molar-refractivity contribution in [1.82, 2.24) is 5.32 Å². The highest BCUT2D eigenvalue weighted by Crippen LogP contribution is 2.31. The second-order valence-corrected chi connectivity index (χ2v) is 4.42. The van der Waals surface area contributed by atoms with Gasteiger partial charge in [-0.05, 0) is 23.6 Å². The van der Waals surface area contributed by atoms with Gasteiger partial charge in [0, 0.05) is 5.39 Å². The quantitative estimate of drug-likeness (QED) is 0.851. The molecule has 0 fully saturated rings. The number of carbonyl (C=O) groups excluding carboxylic acids is 1. The highest BCUT2D eigenvalue weighted by Gasteiger charge is 2.22. The van der Waals surface area contributed by atoms with Crippen molar-refractivity contribution in [3.8, 4) is 5.75 Å². The van der Waals surface area contributed by atoms with Gasteiger partial charge >= 0.3 is 5.97 Å². The SMILES string of the molecule is CCNC(C(=O)OC)c1ccc(OC)c2ccccc12. The van der Waals surface area contributed by atoms with Crippen LogP contribution in [0.2, 0.25) is 0 Å². The molecule has 0 aliphatic heterocycles. The molecule has 1 atom stereocenters. The third-order valence-electron chi connectivity index (χ3n) is 3.29. The zero-order chi connectivity index (χ0) is 14.5. The van der Waals surface area contributed by atoms with Gasteiger partial charge in [0.2, 0.25) is 0 Å². The minimum Gasteiger partial charge on any atom is -0.496 e. The van der Waals surface area contributed by atoms with Crippen molar-refractivity contribution in [1.29, 1.82) is 0 Å². The summed E-state index contributed by atoms with van der Waals surface area (Å²) in [6, 6.07) is 11.2. The van der Waals surface area contributed by atoms with Crippen molar-refractivity contribution in [3.63, 3.8) is 0 Å². The second kappa shape index (κ2) is 6.39. The molecule has 0 saturated carbocycles. The predicted octanol–water partition coefficient (Wildman–Crippen LogP) is 2.67. The van der Waals surface area contributed by atoms with Gasteiger partial charge in [-0.15, -0.1) is 0 Å². The zero-order valence-corrected chi connectivity index (χ0v) is 12.0. The van der Waals surface area contributed by atoms with Crippen LogP contribution in [0.4, 0.5) is 0 Å². The Bertz CT molecular complexity index is 610. The van der Waals surface area contributed by atoms with Gasteiger partial charge in [0.25, 0.3) is 0 Å². The number of hydrogen-bond donors (Lipinski definition) is 1. The molecule has 4 heteroatoms. The summed E-state index contributed by atoms with van der Waals surface area (Å²) in [5, 5.41) is 5.14. The van der Waals surface area contributed by atoms with Crippen molar-refractivity contribution < 1.29 is 14.3 Å². The number of hydrogen-bond acceptors (Lipinski definition) is 4. The van der Waals surface area contributed by atoms with Crippen molar-refractivity contribution in [2.24, 2.45) is 0 Å². The Hall–Kier alpha value is -2.07. The summed E-state index contributed by atoms with van der Waals surface area (Å²) in [7, 11) is 3.04. The number of likely N-dealkylation sites (N-methyl/N-ethyl adjacent to an activating group) is 1. The molecule has 0 bridgehead atoms. The highest BCUT2D eigenvalue weighted by atomic mass is 16.5. The first-order valence-corrected chi connectivity index (χ1v) is 6.59. The van der Waals surface area contributed by atoms with Crippen LogP contribution in [0.3, 0.4) is 0 Å². The summed E-state index contributed by atoms with van der Waals surface area (Å²) in [5.41, 5.74) is 0.898. The smallest absolute Gasteiger partial charge is 0.327 e. The second-order valence-electron chi connectivity index (χ2n) is 4.42. The monoisotopic (exact) mass is 273 g/mol. The van der Waals surface area contributed by atoms with Gasteiger partial charge < -0.3 is 14.8 Å². The lowest BCUT2D eigenvalue weighted by Gasteiger charge is -2.18. The van der Waals surface area contributed by atoms with Crippen molar-refractivity contribution >= 4 is 16.7 Å². The van der Waals surface area contributed by atoms with Crippen LogP contribution in [-0.4, -0.2) is 26.7 Å². The van der Waals surface area contributed by atoms with Crippen LogP contribution in [-0.2, 0) is 9.53 Å². The number of esters is 1. The Balaban J connectivity index is 2.61. The lowest BCUT2D eigenvalue weighted by Crippen LogP contribution is -2.29. The Morgan fingerprint density at radius 3 is 2.45 bits per heavy atom. The van der Waals surface area contributed by atoms with Gasteiger partial charge in [-0.25, -0.2) is 4.79 Å². The molecule has 0 aliphatic carbocycles. The molecule has 4 nitrogen and oxygen atoms in total. The molecule has 0 aliphatic rings. The fourth-order valence-corrected chi connectivity index (χ4v) is 2.37. The first-order chi connectivity index (χ1) is 9.72. The van der Waals surface area contributed by atoms with E-state index in [0.717, 1.165) is 22.1 Å². The number of carbonyl (C=O) groups is 1. The first-order valence-electron chi connectivity index (χ1n) is 6.59. The van der Waals surface area contributed by atoms with E-state index in [0.29, 0.717) is 6.54 Å². The number of methoxy groups -OCH3 is 2. The normalized spacial score (nSPS) is 12.2. The third kappa shape index (κ3) is 2.60. The van der Waals surface area contributed by atoms with Gasteiger partial charge in [-0.3, -0.25) is 0 Å². The lowest BCUT2D eigenvalue weighted by molar-refractivity contribution is -0.143. The van der Waals surface area contributed by atoms with Crippen LogP contribution in [0.15, 0.2) is 36.4 Å². The molecular formula is C16H19NO3. The number of benzene rings is 2. The molecule has 0 amide bonds. The van der Waals surface area contributed by atoms with Gasteiger partial charge in [-0.1, -0.05) is 37.3 Å². The minimum atomic E-state index is -0.471. The van der Waals surface area contributed by atoms with Crippen LogP contribution in [0.25, 0.3) is 10.8 Å². The maximum atomic E-state index is 12.0. The summed E-state index contributed by atoms with van der Waals surface area (Å²) in [4.78, 5) is 12.0. The molecule has 0 spiro atoms. The zero-order valence-electron chi connectivity index (χ0n) is 12.0. The molecule has 20 heavy (non-hydrogen) atoms. The van der Waals surface area contributed by atoms with Gasteiger partial charge in [0.1, 0.15) is 11.8 Å².